The van der Waals surface area contributed by atoms with E-state index in [1.54, 1.807) is 11.3 Å². The fraction of sp³-hybridized carbons (Fsp3) is 0.556. The van der Waals surface area contributed by atoms with E-state index in [9.17, 15) is 4.79 Å². The fourth-order valence-corrected chi connectivity index (χ4v) is 3.81. The normalized spacial score (nSPS) is 17.3. The Morgan fingerprint density at radius 2 is 2.38 bits per heavy atom. The summed E-state index contributed by atoms with van der Waals surface area (Å²) in [5.74, 6) is 0.171. The molecular formula is C18H25N3O2S. The lowest BCUT2D eigenvalue weighted by molar-refractivity contribution is -0.133. The lowest BCUT2D eigenvalue weighted by Gasteiger charge is -2.25. The second-order valence-electron chi connectivity index (χ2n) is 6.44. The van der Waals surface area contributed by atoms with Gasteiger partial charge in [0.05, 0.1) is 11.8 Å². The van der Waals surface area contributed by atoms with Gasteiger partial charge in [0.15, 0.2) is 0 Å². The summed E-state index contributed by atoms with van der Waals surface area (Å²) in [5.41, 5.74) is 3.29. The Morgan fingerprint density at radius 3 is 3.00 bits per heavy atom. The predicted octanol–water partition coefficient (Wildman–Crippen LogP) is 3.16. The number of aromatic nitrogens is 2. The Kier molecular flexibility index (Phi) is 5.68. The van der Waals surface area contributed by atoms with E-state index in [4.69, 9.17) is 4.74 Å². The van der Waals surface area contributed by atoms with Crippen LogP contribution in [0, 0.1) is 13.8 Å². The molecule has 0 radical (unpaired) electrons. The molecular weight excluding hydrogens is 322 g/mol. The van der Waals surface area contributed by atoms with Crippen molar-refractivity contribution in [1.82, 2.24) is 14.7 Å². The zero-order valence-corrected chi connectivity index (χ0v) is 15.2. The van der Waals surface area contributed by atoms with E-state index in [0.29, 0.717) is 26.1 Å². The van der Waals surface area contributed by atoms with Gasteiger partial charge >= 0.3 is 0 Å². The number of nitrogens with zero attached hydrogens (tertiary/aromatic N) is 3. The smallest absolute Gasteiger partial charge is 0.224 e. The molecule has 1 fully saturated rings. The van der Waals surface area contributed by atoms with Crippen LogP contribution in [0.15, 0.2) is 22.9 Å². The SMILES string of the molecule is Cc1cc(C)n(CCC(=O)N(Cc2ccsc2)C[C@H]2CCCO2)n1. The summed E-state index contributed by atoms with van der Waals surface area (Å²) < 4.78 is 7.65. The topological polar surface area (TPSA) is 47.4 Å². The van der Waals surface area contributed by atoms with E-state index < -0.39 is 0 Å². The molecule has 2 aromatic heterocycles. The summed E-state index contributed by atoms with van der Waals surface area (Å²) in [7, 11) is 0. The molecule has 0 aliphatic carbocycles. The number of carbonyl (C=O) groups is 1. The van der Waals surface area contributed by atoms with Gasteiger partial charge in [-0.05, 0) is 55.1 Å². The number of hydrogen-bond acceptors (Lipinski definition) is 4. The maximum absolute atomic E-state index is 12.8. The monoisotopic (exact) mass is 347 g/mol. The third-order valence-corrected chi connectivity index (χ3v) is 5.13. The van der Waals surface area contributed by atoms with Crippen LogP contribution in [0.5, 0.6) is 0 Å². The first-order valence-electron chi connectivity index (χ1n) is 8.53. The van der Waals surface area contributed by atoms with Gasteiger partial charge in [0, 0.05) is 38.4 Å². The van der Waals surface area contributed by atoms with Gasteiger partial charge in [-0.2, -0.15) is 16.4 Å². The first kappa shape index (κ1) is 17.2. The molecule has 130 valence electrons. The highest BCUT2D eigenvalue weighted by atomic mass is 32.1. The molecule has 0 aromatic carbocycles. The first-order valence-corrected chi connectivity index (χ1v) is 9.47. The molecule has 1 aliphatic heterocycles. The quantitative estimate of drug-likeness (QED) is 0.773. The van der Waals surface area contributed by atoms with E-state index in [0.717, 1.165) is 30.8 Å². The van der Waals surface area contributed by atoms with Crippen LogP contribution in [0.25, 0.3) is 0 Å². The van der Waals surface area contributed by atoms with Gasteiger partial charge in [-0.25, -0.2) is 0 Å². The number of aryl methyl sites for hydroxylation is 3. The van der Waals surface area contributed by atoms with Gasteiger partial charge in [0.1, 0.15) is 0 Å². The molecule has 1 aliphatic rings. The van der Waals surface area contributed by atoms with Gasteiger partial charge in [-0.3, -0.25) is 9.48 Å². The number of amides is 1. The lowest BCUT2D eigenvalue weighted by atomic mass is 10.2. The van der Waals surface area contributed by atoms with Crippen molar-refractivity contribution in [3.63, 3.8) is 0 Å². The third kappa shape index (κ3) is 4.45. The second-order valence-corrected chi connectivity index (χ2v) is 7.22. The molecule has 6 heteroatoms. The molecule has 5 nitrogen and oxygen atoms in total. The molecule has 24 heavy (non-hydrogen) atoms. The summed E-state index contributed by atoms with van der Waals surface area (Å²) in [6.45, 7) is 6.80. The molecule has 0 N–H and O–H groups in total. The summed E-state index contributed by atoms with van der Waals surface area (Å²) in [6, 6.07) is 4.13. The molecule has 0 bridgehead atoms. The highest BCUT2D eigenvalue weighted by Gasteiger charge is 2.23. The Bertz CT molecular complexity index is 660. The zero-order valence-electron chi connectivity index (χ0n) is 14.4. The molecule has 3 heterocycles. The van der Waals surface area contributed by atoms with Crippen LogP contribution in [-0.2, 0) is 22.6 Å². The van der Waals surface area contributed by atoms with Crippen LogP contribution in [0.3, 0.4) is 0 Å². The number of carbonyl (C=O) groups excluding carboxylic acids is 1. The van der Waals surface area contributed by atoms with Crippen LogP contribution < -0.4 is 0 Å². The molecule has 0 spiro atoms. The number of ether oxygens (including phenoxy) is 1. The second kappa shape index (κ2) is 7.94. The average molecular weight is 347 g/mol. The van der Waals surface area contributed by atoms with Crippen LogP contribution in [0.4, 0.5) is 0 Å². The fourth-order valence-electron chi connectivity index (χ4n) is 3.15. The average Bonchev–Trinajstić information content (AvgIpc) is 3.28. The minimum absolute atomic E-state index is 0.171. The van der Waals surface area contributed by atoms with Crippen LogP contribution in [0.2, 0.25) is 0 Å². The van der Waals surface area contributed by atoms with Gasteiger partial charge in [-0.15, -0.1) is 0 Å². The predicted molar refractivity (Wildman–Crippen MR) is 95.0 cm³/mol. The largest absolute Gasteiger partial charge is 0.376 e. The molecule has 0 unspecified atom stereocenters. The van der Waals surface area contributed by atoms with E-state index >= 15 is 0 Å². The van der Waals surface area contributed by atoms with Crippen LogP contribution in [-0.4, -0.2) is 39.8 Å². The van der Waals surface area contributed by atoms with Crippen molar-refractivity contribution in [2.24, 2.45) is 0 Å². The molecule has 1 atom stereocenters. The molecule has 0 saturated carbocycles. The van der Waals surface area contributed by atoms with Crippen molar-refractivity contribution in [1.29, 1.82) is 0 Å². The van der Waals surface area contributed by atoms with Crippen molar-refractivity contribution in [2.45, 2.75) is 52.3 Å². The molecule has 1 amide bonds. The van der Waals surface area contributed by atoms with Gasteiger partial charge in [0.2, 0.25) is 5.91 Å². The van der Waals surface area contributed by atoms with Crippen molar-refractivity contribution in [3.05, 3.63) is 39.8 Å². The number of thiophene rings is 1. The van der Waals surface area contributed by atoms with E-state index in [1.807, 2.05) is 29.5 Å². The highest BCUT2D eigenvalue weighted by Crippen LogP contribution is 2.17. The lowest BCUT2D eigenvalue weighted by Crippen LogP contribution is -2.37. The van der Waals surface area contributed by atoms with E-state index in [2.05, 4.69) is 21.9 Å². The Labute approximate surface area is 147 Å². The number of rotatable bonds is 7. The number of hydrogen-bond donors (Lipinski definition) is 0. The van der Waals surface area contributed by atoms with Crippen LogP contribution in [0.1, 0.15) is 36.2 Å². The summed E-state index contributed by atoms with van der Waals surface area (Å²) in [5, 5.41) is 8.61. The Morgan fingerprint density at radius 1 is 1.50 bits per heavy atom. The Balaban J connectivity index is 1.61. The summed E-state index contributed by atoms with van der Waals surface area (Å²) in [4.78, 5) is 14.7. The first-order chi connectivity index (χ1) is 11.6. The van der Waals surface area contributed by atoms with Crippen molar-refractivity contribution >= 4 is 17.2 Å². The minimum Gasteiger partial charge on any atom is -0.376 e. The van der Waals surface area contributed by atoms with Gasteiger partial charge < -0.3 is 9.64 Å². The van der Waals surface area contributed by atoms with Crippen molar-refractivity contribution < 1.29 is 9.53 Å². The summed E-state index contributed by atoms with van der Waals surface area (Å²) in [6.07, 6.45) is 2.79. The molecule has 3 rings (SSSR count). The van der Waals surface area contributed by atoms with E-state index in [-0.39, 0.29) is 12.0 Å². The Hall–Kier alpha value is -1.66. The highest BCUT2D eigenvalue weighted by molar-refractivity contribution is 7.07. The zero-order chi connectivity index (χ0) is 16.9. The van der Waals surface area contributed by atoms with Crippen molar-refractivity contribution in [3.8, 4) is 0 Å². The van der Waals surface area contributed by atoms with Gasteiger partial charge in [-0.1, -0.05) is 0 Å². The standard InChI is InChI=1S/C18H25N3O2S/c1-14-10-15(2)21(19-14)7-5-18(22)20(11-16-6-9-24-13-16)12-17-4-3-8-23-17/h6,9-10,13,17H,3-5,7-8,11-12H2,1-2H3/t17-/m1/s1. The van der Waals surface area contributed by atoms with Crippen LogP contribution >= 0.6 is 11.3 Å². The van der Waals surface area contributed by atoms with E-state index in [1.165, 1.54) is 5.56 Å². The summed E-state index contributed by atoms with van der Waals surface area (Å²) >= 11 is 1.67. The third-order valence-electron chi connectivity index (χ3n) is 4.40. The molecule has 1 saturated heterocycles. The minimum atomic E-state index is 0.171. The molecule has 2 aromatic rings. The van der Waals surface area contributed by atoms with Crippen molar-refractivity contribution in [2.75, 3.05) is 13.2 Å². The maximum atomic E-state index is 12.8. The van der Waals surface area contributed by atoms with Gasteiger partial charge in [0.25, 0.3) is 0 Å². The maximum Gasteiger partial charge on any atom is 0.224 e.